The molecule has 0 aromatic carbocycles. The normalized spacial score (nSPS) is 19.8. The molecule has 0 radical (unpaired) electrons. The fourth-order valence-corrected chi connectivity index (χ4v) is 2.65. The Morgan fingerprint density at radius 2 is 2.29 bits per heavy atom. The molecule has 2 rings (SSSR count). The van der Waals surface area contributed by atoms with Crippen LogP contribution in [0.3, 0.4) is 0 Å². The number of Topliss-reactive ketones (excluding diaryl/α,β-unsaturated/α-hetero) is 1. The van der Waals surface area contributed by atoms with Gasteiger partial charge in [0.1, 0.15) is 5.60 Å². The van der Waals surface area contributed by atoms with Crippen molar-refractivity contribution in [2.24, 2.45) is 0 Å². The minimum atomic E-state index is -0.549. The third-order valence-corrected chi connectivity index (χ3v) is 3.62. The van der Waals surface area contributed by atoms with Gasteiger partial charge in [-0.25, -0.2) is 4.37 Å². The summed E-state index contributed by atoms with van der Waals surface area (Å²) in [6, 6.07) is 1.77. The number of hydrogen-bond acceptors (Lipinski definition) is 4. The zero-order valence-corrected chi connectivity index (χ0v) is 8.97. The van der Waals surface area contributed by atoms with Crippen LogP contribution in [0, 0.1) is 0 Å². The average Bonchev–Trinajstić information content (AvgIpc) is 2.89. The molecule has 1 aromatic heterocycles. The maximum absolute atomic E-state index is 12.1. The summed E-state index contributed by atoms with van der Waals surface area (Å²) < 4.78 is 9.36. The van der Waals surface area contributed by atoms with Crippen molar-refractivity contribution in [3.63, 3.8) is 0 Å². The first-order valence-corrected chi connectivity index (χ1v) is 5.56. The lowest BCUT2D eigenvalue weighted by molar-refractivity contribution is 0.00639. The van der Waals surface area contributed by atoms with E-state index in [0.717, 1.165) is 25.7 Å². The Labute approximate surface area is 87.3 Å². The van der Waals surface area contributed by atoms with E-state index in [1.807, 2.05) is 0 Å². The van der Waals surface area contributed by atoms with E-state index in [9.17, 15) is 4.79 Å². The molecule has 14 heavy (non-hydrogen) atoms. The zero-order chi connectivity index (χ0) is 10.0. The highest BCUT2D eigenvalue weighted by Gasteiger charge is 2.42. The van der Waals surface area contributed by atoms with Gasteiger partial charge >= 0.3 is 0 Å². The summed E-state index contributed by atoms with van der Waals surface area (Å²) in [7, 11) is 1.63. The van der Waals surface area contributed by atoms with Crippen molar-refractivity contribution >= 4 is 17.3 Å². The third kappa shape index (κ3) is 1.48. The van der Waals surface area contributed by atoms with Gasteiger partial charge in [-0.2, -0.15) is 0 Å². The topological polar surface area (TPSA) is 39.2 Å². The van der Waals surface area contributed by atoms with Crippen LogP contribution in [0.1, 0.15) is 35.4 Å². The first-order chi connectivity index (χ1) is 6.78. The van der Waals surface area contributed by atoms with Crippen molar-refractivity contribution in [3.8, 4) is 0 Å². The maximum Gasteiger partial charge on any atom is 0.206 e. The van der Waals surface area contributed by atoms with Gasteiger partial charge in [0, 0.05) is 13.3 Å². The smallest absolute Gasteiger partial charge is 0.206 e. The van der Waals surface area contributed by atoms with E-state index in [1.54, 1.807) is 19.4 Å². The second-order valence-corrected chi connectivity index (χ2v) is 4.44. The van der Waals surface area contributed by atoms with E-state index in [2.05, 4.69) is 4.37 Å². The van der Waals surface area contributed by atoms with Gasteiger partial charge in [0.25, 0.3) is 0 Å². The molecule has 0 amide bonds. The molecule has 3 nitrogen and oxygen atoms in total. The zero-order valence-electron chi connectivity index (χ0n) is 8.16. The molecule has 1 saturated carbocycles. The number of rotatable bonds is 3. The van der Waals surface area contributed by atoms with Crippen LogP contribution in [0.25, 0.3) is 0 Å². The molecule has 0 aliphatic heterocycles. The molecule has 0 saturated heterocycles. The predicted octanol–water partition coefficient (Wildman–Crippen LogP) is 2.29. The fourth-order valence-electron chi connectivity index (χ4n) is 2.03. The lowest BCUT2D eigenvalue weighted by Crippen LogP contribution is -2.37. The molecule has 1 aliphatic rings. The highest BCUT2D eigenvalue weighted by atomic mass is 32.1. The van der Waals surface area contributed by atoms with Gasteiger partial charge in [-0.3, -0.25) is 4.79 Å². The van der Waals surface area contributed by atoms with E-state index >= 15 is 0 Å². The highest BCUT2D eigenvalue weighted by Crippen LogP contribution is 2.36. The number of aromatic nitrogens is 1. The van der Waals surface area contributed by atoms with Crippen LogP contribution in [0.2, 0.25) is 0 Å². The van der Waals surface area contributed by atoms with Crippen LogP contribution in [0.15, 0.2) is 12.3 Å². The van der Waals surface area contributed by atoms with Gasteiger partial charge in [-0.05, 0) is 43.3 Å². The predicted molar refractivity (Wildman–Crippen MR) is 54.7 cm³/mol. The third-order valence-electron chi connectivity index (χ3n) is 2.88. The SMILES string of the molecule is COC1(C(=O)c2ccns2)CCCC1. The summed E-state index contributed by atoms with van der Waals surface area (Å²) in [4.78, 5) is 12.8. The molecule has 0 bridgehead atoms. The first kappa shape index (κ1) is 9.80. The second kappa shape index (κ2) is 3.79. The first-order valence-electron chi connectivity index (χ1n) is 4.79. The molecular weight excluding hydrogens is 198 g/mol. The Morgan fingerprint density at radius 3 is 2.79 bits per heavy atom. The molecular formula is C10H13NO2S. The van der Waals surface area contributed by atoms with Crippen molar-refractivity contribution in [1.82, 2.24) is 4.37 Å². The number of carbonyl (C=O) groups is 1. The number of carbonyl (C=O) groups excluding carboxylic acids is 1. The van der Waals surface area contributed by atoms with E-state index in [4.69, 9.17) is 4.74 Å². The molecule has 1 fully saturated rings. The van der Waals surface area contributed by atoms with Gasteiger partial charge in [-0.1, -0.05) is 0 Å². The Bertz CT molecular complexity index is 315. The van der Waals surface area contributed by atoms with Crippen molar-refractivity contribution in [2.75, 3.05) is 7.11 Å². The minimum Gasteiger partial charge on any atom is -0.370 e. The van der Waals surface area contributed by atoms with E-state index in [-0.39, 0.29) is 5.78 Å². The number of ketones is 1. The van der Waals surface area contributed by atoms with Crippen LogP contribution in [-0.2, 0) is 4.74 Å². The molecule has 0 atom stereocenters. The van der Waals surface area contributed by atoms with Crippen molar-refractivity contribution in [1.29, 1.82) is 0 Å². The summed E-state index contributed by atoms with van der Waals surface area (Å²) in [5.74, 6) is 0.111. The molecule has 1 aromatic rings. The van der Waals surface area contributed by atoms with Crippen LogP contribution >= 0.6 is 11.5 Å². The van der Waals surface area contributed by atoms with Gasteiger partial charge in [-0.15, -0.1) is 0 Å². The Hall–Kier alpha value is -0.740. The van der Waals surface area contributed by atoms with Gasteiger partial charge < -0.3 is 4.74 Å². The number of methoxy groups -OCH3 is 1. The molecule has 0 N–H and O–H groups in total. The Kier molecular flexibility index (Phi) is 2.65. The second-order valence-electron chi connectivity index (χ2n) is 3.61. The summed E-state index contributed by atoms with van der Waals surface area (Å²) in [5.41, 5.74) is -0.549. The lowest BCUT2D eigenvalue weighted by atomic mass is 9.95. The number of nitrogens with zero attached hydrogens (tertiary/aromatic N) is 1. The minimum absolute atomic E-state index is 0.111. The van der Waals surface area contributed by atoms with Crippen molar-refractivity contribution in [2.45, 2.75) is 31.3 Å². The quantitative estimate of drug-likeness (QED) is 0.720. The Morgan fingerprint density at radius 1 is 1.57 bits per heavy atom. The summed E-state index contributed by atoms with van der Waals surface area (Å²) in [5, 5.41) is 0. The monoisotopic (exact) mass is 211 g/mol. The molecule has 76 valence electrons. The standard InChI is InChI=1S/C10H13NO2S/c1-13-10(5-2-3-6-10)9(12)8-4-7-11-14-8/h4,7H,2-3,5-6H2,1H3. The van der Waals surface area contributed by atoms with Crippen LogP contribution in [-0.4, -0.2) is 22.9 Å². The lowest BCUT2D eigenvalue weighted by Gasteiger charge is -2.24. The molecule has 1 aliphatic carbocycles. The number of hydrogen-bond donors (Lipinski definition) is 0. The van der Waals surface area contributed by atoms with Crippen LogP contribution in [0.4, 0.5) is 0 Å². The van der Waals surface area contributed by atoms with E-state index in [1.165, 1.54) is 11.5 Å². The van der Waals surface area contributed by atoms with Crippen LogP contribution in [0.5, 0.6) is 0 Å². The highest BCUT2D eigenvalue weighted by molar-refractivity contribution is 7.08. The summed E-state index contributed by atoms with van der Waals surface area (Å²) in [6.07, 6.45) is 5.52. The molecule has 1 heterocycles. The molecule has 0 unspecified atom stereocenters. The van der Waals surface area contributed by atoms with Gasteiger partial charge in [0.05, 0.1) is 4.88 Å². The summed E-state index contributed by atoms with van der Waals surface area (Å²) in [6.45, 7) is 0. The largest absolute Gasteiger partial charge is 0.370 e. The van der Waals surface area contributed by atoms with E-state index in [0.29, 0.717) is 4.88 Å². The Balaban J connectivity index is 2.24. The van der Waals surface area contributed by atoms with Gasteiger partial charge in [0.15, 0.2) is 0 Å². The van der Waals surface area contributed by atoms with E-state index < -0.39 is 5.60 Å². The van der Waals surface area contributed by atoms with Crippen LogP contribution < -0.4 is 0 Å². The maximum atomic E-state index is 12.1. The fraction of sp³-hybridized carbons (Fsp3) is 0.600. The van der Waals surface area contributed by atoms with Crippen molar-refractivity contribution in [3.05, 3.63) is 17.1 Å². The summed E-state index contributed by atoms with van der Waals surface area (Å²) >= 11 is 1.25. The molecule has 4 heteroatoms. The average molecular weight is 211 g/mol. The molecule has 0 spiro atoms. The number of ether oxygens (including phenoxy) is 1. The van der Waals surface area contributed by atoms with Gasteiger partial charge in [0.2, 0.25) is 5.78 Å². The van der Waals surface area contributed by atoms with Crippen molar-refractivity contribution < 1.29 is 9.53 Å².